The summed E-state index contributed by atoms with van der Waals surface area (Å²) in [5.41, 5.74) is 3.89. The molecule has 1 aliphatic heterocycles. The summed E-state index contributed by atoms with van der Waals surface area (Å²) in [6, 6.07) is 5.98. The van der Waals surface area contributed by atoms with Gasteiger partial charge in [-0.15, -0.1) is 0 Å². The van der Waals surface area contributed by atoms with Crippen LogP contribution < -0.4 is 0 Å². The first kappa shape index (κ1) is 18.6. The van der Waals surface area contributed by atoms with Crippen LogP contribution in [-0.4, -0.2) is 57.0 Å². The van der Waals surface area contributed by atoms with Gasteiger partial charge < -0.3 is 9.42 Å². The number of nitrogens with zero attached hydrogens (tertiary/aromatic N) is 5. The van der Waals surface area contributed by atoms with E-state index in [1.165, 1.54) is 5.56 Å². The molecule has 0 saturated carbocycles. The highest BCUT2D eigenvalue weighted by atomic mass is 16.5. The van der Waals surface area contributed by atoms with Gasteiger partial charge in [-0.3, -0.25) is 14.7 Å². The Bertz CT molecular complexity index is 975. The predicted octanol–water partition coefficient (Wildman–Crippen LogP) is 3.01. The summed E-state index contributed by atoms with van der Waals surface area (Å²) < 4.78 is 5.36. The zero-order chi connectivity index (χ0) is 19.7. The molecule has 3 aromatic rings. The summed E-state index contributed by atoms with van der Waals surface area (Å²) in [5, 5.41) is 4.75. The summed E-state index contributed by atoms with van der Waals surface area (Å²) in [5.74, 6) is 0.239. The van der Waals surface area contributed by atoms with Gasteiger partial charge in [-0.2, -0.15) is 0 Å². The van der Waals surface area contributed by atoms with Crippen LogP contribution in [0, 0.1) is 6.92 Å². The topological polar surface area (TPSA) is 75.4 Å². The lowest BCUT2D eigenvalue weighted by Gasteiger charge is -2.35. The van der Waals surface area contributed by atoms with Gasteiger partial charge in [0.2, 0.25) is 0 Å². The molecule has 3 aromatic heterocycles. The average Bonchev–Trinajstić information content (AvgIpc) is 3.09. The van der Waals surface area contributed by atoms with E-state index in [2.05, 4.69) is 33.9 Å². The molecule has 7 nitrogen and oxygen atoms in total. The van der Waals surface area contributed by atoms with Crippen molar-refractivity contribution >= 4 is 17.0 Å². The third-order valence-electron chi connectivity index (χ3n) is 5.27. The van der Waals surface area contributed by atoms with Crippen LogP contribution >= 0.6 is 0 Å². The van der Waals surface area contributed by atoms with Gasteiger partial charge in [0.15, 0.2) is 0 Å². The first-order valence-corrected chi connectivity index (χ1v) is 9.70. The number of pyridine rings is 2. The molecule has 7 heteroatoms. The first-order chi connectivity index (χ1) is 13.5. The summed E-state index contributed by atoms with van der Waals surface area (Å²) >= 11 is 0. The van der Waals surface area contributed by atoms with E-state index in [0.29, 0.717) is 30.1 Å². The zero-order valence-corrected chi connectivity index (χ0v) is 16.6. The lowest BCUT2D eigenvalue weighted by atomic mass is 10.0. The van der Waals surface area contributed by atoms with E-state index >= 15 is 0 Å². The maximum absolute atomic E-state index is 13.3. The van der Waals surface area contributed by atoms with Crippen LogP contribution in [0.3, 0.4) is 0 Å². The van der Waals surface area contributed by atoms with Crippen molar-refractivity contribution in [3.8, 4) is 0 Å². The second-order valence-electron chi connectivity index (χ2n) is 7.62. The molecule has 1 amide bonds. The fourth-order valence-electron chi connectivity index (χ4n) is 3.60. The van der Waals surface area contributed by atoms with Gasteiger partial charge >= 0.3 is 0 Å². The second kappa shape index (κ2) is 7.67. The summed E-state index contributed by atoms with van der Waals surface area (Å²) in [7, 11) is 0. The van der Waals surface area contributed by atoms with E-state index in [4.69, 9.17) is 4.52 Å². The van der Waals surface area contributed by atoms with Crippen molar-refractivity contribution in [3.05, 3.63) is 53.1 Å². The fourth-order valence-corrected chi connectivity index (χ4v) is 3.60. The summed E-state index contributed by atoms with van der Waals surface area (Å²) in [4.78, 5) is 26.2. The van der Waals surface area contributed by atoms with Crippen molar-refractivity contribution < 1.29 is 9.32 Å². The van der Waals surface area contributed by atoms with E-state index in [9.17, 15) is 4.79 Å². The van der Waals surface area contributed by atoms with Crippen molar-refractivity contribution in [2.45, 2.75) is 33.2 Å². The molecule has 4 heterocycles. The number of aromatic nitrogens is 3. The van der Waals surface area contributed by atoms with Crippen LogP contribution in [0.15, 0.2) is 35.1 Å². The number of aryl methyl sites for hydroxylation is 1. The molecule has 0 aliphatic carbocycles. The quantitative estimate of drug-likeness (QED) is 0.694. The summed E-state index contributed by atoms with van der Waals surface area (Å²) in [6.45, 7) is 9.96. The Labute approximate surface area is 164 Å². The van der Waals surface area contributed by atoms with Crippen LogP contribution in [0.1, 0.15) is 47.1 Å². The van der Waals surface area contributed by atoms with Crippen molar-refractivity contribution in [1.29, 1.82) is 0 Å². The Kier molecular flexibility index (Phi) is 5.09. The molecule has 4 rings (SSSR count). The van der Waals surface area contributed by atoms with Gasteiger partial charge in [0.05, 0.1) is 16.6 Å². The number of amides is 1. The molecular formula is C21H25N5O2. The van der Waals surface area contributed by atoms with E-state index in [1.807, 2.05) is 42.4 Å². The van der Waals surface area contributed by atoms with Crippen molar-refractivity contribution in [1.82, 2.24) is 24.9 Å². The van der Waals surface area contributed by atoms with Crippen molar-refractivity contribution in [2.75, 3.05) is 26.2 Å². The van der Waals surface area contributed by atoms with Gasteiger partial charge in [-0.1, -0.05) is 19.0 Å². The van der Waals surface area contributed by atoms with Gasteiger partial charge in [-0.05, 0) is 36.6 Å². The first-order valence-electron chi connectivity index (χ1n) is 9.70. The lowest BCUT2D eigenvalue weighted by molar-refractivity contribution is 0.0630. The van der Waals surface area contributed by atoms with E-state index in [-0.39, 0.29) is 11.8 Å². The molecule has 0 N–H and O–H groups in total. The second-order valence-corrected chi connectivity index (χ2v) is 7.62. The molecule has 0 aromatic carbocycles. The largest absolute Gasteiger partial charge is 0.336 e. The number of hydrogen-bond acceptors (Lipinski definition) is 6. The number of carbonyl (C=O) groups excluding carboxylic acids is 1. The molecule has 146 valence electrons. The van der Waals surface area contributed by atoms with E-state index in [0.717, 1.165) is 30.7 Å². The van der Waals surface area contributed by atoms with Crippen molar-refractivity contribution in [3.63, 3.8) is 0 Å². The smallest absolute Gasteiger partial charge is 0.259 e. The van der Waals surface area contributed by atoms with Gasteiger partial charge in [0, 0.05) is 50.8 Å². The molecule has 0 spiro atoms. The summed E-state index contributed by atoms with van der Waals surface area (Å²) in [6.07, 6.45) is 3.63. The third-order valence-corrected chi connectivity index (χ3v) is 5.27. The molecule has 1 saturated heterocycles. The number of piperazine rings is 1. The maximum Gasteiger partial charge on any atom is 0.259 e. The van der Waals surface area contributed by atoms with Crippen LogP contribution in [0.4, 0.5) is 0 Å². The van der Waals surface area contributed by atoms with E-state index < -0.39 is 0 Å². The SMILES string of the molecule is Cc1noc2nc(C(C)C)cc(C(=O)N3CCN(Cc4ccncc4)CC3)c12. The van der Waals surface area contributed by atoms with Crippen molar-refractivity contribution in [2.24, 2.45) is 0 Å². The molecule has 0 radical (unpaired) electrons. The minimum atomic E-state index is 0.0316. The highest BCUT2D eigenvalue weighted by molar-refractivity contribution is 6.06. The normalized spacial score (nSPS) is 15.5. The maximum atomic E-state index is 13.3. The Morgan fingerprint density at radius 3 is 2.57 bits per heavy atom. The Hall–Kier alpha value is -2.80. The van der Waals surface area contributed by atoms with Crippen LogP contribution in [0.5, 0.6) is 0 Å². The highest BCUT2D eigenvalue weighted by Gasteiger charge is 2.26. The molecule has 1 fully saturated rings. The Morgan fingerprint density at radius 2 is 1.89 bits per heavy atom. The average molecular weight is 379 g/mol. The van der Waals surface area contributed by atoms with Crippen LogP contribution in [0.25, 0.3) is 11.1 Å². The monoisotopic (exact) mass is 379 g/mol. The van der Waals surface area contributed by atoms with Gasteiger partial charge in [0.25, 0.3) is 11.6 Å². The molecule has 0 bridgehead atoms. The predicted molar refractivity (Wildman–Crippen MR) is 106 cm³/mol. The minimum Gasteiger partial charge on any atom is -0.336 e. The number of fused-ring (bicyclic) bond motifs is 1. The van der Waals surface area contributed by atoms with E-state index in [1.54, 1.807) is 0 Å². The molecular weight excluding hydrogens is 354 g/mol. The zero-order valence-electron chi connectivity index (χ0n) is 16.6. The molecule has 28 heavy (non-hydrogen) atoms. The lowest BCUT2D eigenvalue weighted by Crippen LogP contribution is -2.48. The van der Waals surface area contributed by atoms with Crippen LogP contribution in [0.2, 0.25) is 0 Å². The van der Waals surface area contributed by atoms with Crippen LogP contribution in [-0.2, 0) is 6.54 Å². The van der Waals surface area contributed by atoms with Gasteiger partial charge in [-0.25, -0.2) is 4.98 Å². The number of hydrogen-bond donors (Lipinski definition) is 0. The number of carbonyl (C=O) groups is 1. The molecule has 1 aliphatic rings. The molecule has 0 unspecified atom stereocenters. The number of rotatable bonds is 4. The Morgan fingerprint density at radius 1 is 1.18 bits per heavy atom. The third kappa shape index (κ3) is 3.62. The minimum absolute atomic E-state index is 0.0316. The highest BCUT2D eigenvalue weighted by Crippen LogP contribution is 2.26. The van der Waals surface area contributed by atoms with Gasteiger partial charge in [0.1, 0.15) is 0 Å². The fraction of sp³-hybridized carbons (Fsp3) is 0.429. The Balaban J connectivity index is 1.52. The standard InChI is InChI=1S/C21H25N5O2/c1-14(2)18-12-17(19-15(3)24-28-20(19)23-18)21(27)26-10-8-25(9-11-26)13-16-4-6-22-7-5-16/h4-7,12,14H,8-11,13H2,1-3H3. The molecule has 0 atom stereocenters.